The molecule has 8 nitrogen and oxygen atoms in total. The first-order valence-electron chi connectivity index (χ1n) is 11.6. The van der Waals surface area contributed by atoms with E-state index in [1.165, 1.54) is 17.0 Å². The lowest BCUT2D eigenvalue weighted by atomic mass is 10.1. The van der Waals surface area contributed by atoms with E-state index in [9.17, 15) is 14.4 Å². The molecule has 0 radical (unpaired) electrons. The van der Waals surface area contributed by atoms with Crippen molar-refractivity contribution < 1.29 is 28.6 Å². The minimum atomic E-state index is -1.98. The summed E-state index contributed by atoms with van der Waals surface area (Å²) in [5.41, 5.74) is 1.29. The maximum atomic E-state index is 15.4. The van der Waals surface area contributed by atoms with Crippen LogP contribution < -0.4 is 10.1 Å². The fourth-order valence-electron chi connectivity index (χ4n) is 3.96. The Labute approximate surface area is 218 Å². The smallest absolute Gasteiger partial charge is 0.335 e. The van der Waals surface area contributed by atoms with Crippen LogP contribution in [0.4, 0.5) is 14.9 Å². The van der Waals surface area contributed by atoms with E-state index in [1.807, 2.05) is 6.92 Å². The highest BCUT2D eigenvalue weighted by Crippen LogP contribution is 2.28. The number of benzene rings is 3. The van der Waals surface area contributed by atoms with Gasteiger partial charge in [-0.25, -0.2) is 14.0 Å². The lowest BCUT2D eigenvalue weighted by molar-refractivity contribution is -0.139. The van der Waals surface area contributed by atoms with E-state index in [0.29, 0.717) is 28.6 Å². The van der Waals surface area contributed by atoms with Crippen LogP contribution in [0.3, 0.4) is 0 Å². The zero-order chi connectivity index (χ0) is 26.5. The van der Waals surface area contributed by atoms with Crippen molar-refractivity contribution in [3.63, 3.8) is 0 Å². The molecule has 3 aromatic carbocycles. The van der Waals surface area contributed by atoms with Gasteiger partial charge in [0, 0.05) is 23.8 Å². The van der Waals surface area contributed by atoms with Crippen molar-refractivity contribution >= 4 is 35.2 Å². The number of aromatic carboxylic acids is 1. The third-order valence-electron chi connectivity index (χ3n) is 5.79. The summed E-state index contributed by atoms with van der Waals surface area (Å²) < 4.78 is 21.1. The highest BCUT2D eigenvalue weighted by molar-refractivity contribution is 6.30. The molecule has 0 aromatic heterocycles. The number of urea groups is 1. The number of carbonyl (C=O) groups excluding carboxylic acids is 2. The molecule has 1 aliphatic heterocycles. The Bertz CT molecular complexity index is 1290. The predicted octanol–water partition coefficient (Wildman–Crippen LogP) is 5.78. The Morgan fingerprint density at radius 2 is 1.76 bits per heavy atom. The first-order valence-corrected chi connectivity index (χ1v) is 12.0. The summed E-state index contributed by atoms with van der Waals surface area (Å²) in [6.07, 6.45) is -2.71. The maximum absolute atomic E-state index is 15.4. The van der Waals surface area contributed by atoms with E-state index in [-0.39, 0.29) is 18.7 Å². The molecule has 37 heavy (non-hydrogen) atoms. The lowest BCUT2D eigenvalue weighted by Gasteiger charge is -2.42. The standard InChI is InChI=1S/C27H25ClFN3O5/c1-2-14-31-25(33)23(29)24(32(27(31)36)16-17-6-8-19(28)9-7-17)30-20-10-12-21(13-11-20)37-22-5-3-4-18(15-22)26(34)35/h3-13,15,23-24,30H,2,14,16H2,1H3,(H,34,35). The average molecular weight is 526 g/mol. The van der Waals surface area contributed by atoms with Crippen LogP contribution in [-0.2, 0) is 11.3 Å². The number of carbonyl (C=O) groups is 3. The normalized spacial score (nSPS) is 17.6. The first-order chi connectivity index (χ1) is 17.8. The Balaban J connectivity index is 1.54. The van der Waals surface area contributed by atoms with Crippen LogP contribution in [0.2, 0.25) is 5.02 Å². The minimum absolute atomic E-state index is 0.0721. The van der Waals surface area contributed by atoms with Gasteiger partial charge >= 0.3 is 12.0 Å². The second kappa shape index (κ2) is 11.3. The van der Waals surface area contributed by atoms with Gasteiger partial charge in [-0.05, 0) is 66.6 Å². The number of ether oxygens (including phenoxy) is 1. The Morgan fingerprint density at radius 3 is 2.41 bits per heavy atom. The quantitative estimate of drug-likeness (QED) is 0.367. The zero-order valence-electron chi connectivity index (χ0n) is 19.9. The van der Waals surface area contributed by atoms with Crippen LogP contribution in [0, 0.1) is 0 Å². The van der Waals surface area contributed by atoms with E-state index in [2.05, 4.69) is 5.32 Å². The van der Waals surface area contributed by atoms with Gasteiger partial charge < -0.3 is 15.2 Å². The van der Waals surface area contributed by atoms with E-state index in [4.69, 9.17) is 21.4 Å². The van der Waals surface area contributed by atoms with Gasteiger partial charge in [0.1, 0.15) is 17.7 Å². The van der Waals surface area contributed by atoms with Gasteiger partial charge in [-0.15, -0.1) is 0 Å². The van der Waals surface area contributed by atoms with Crippen molar-refractivity contribution in [1.82, 2.24) is 9.80 Å². The summed E-state index contributed by atoms with van der Waals surface area (Å²) in [7, 11) is 0. The van der Waals surface area contributed by atoms with E-state index in [0.717, 1.165) is 10.5 Å². The highest BCUT2D eigenvalue weighted by Gasteiger charge is 2.46. The predicted molar refractivity (Wildman–Crippen MR) is 137 cm³/mol. The van der Waals surface area contributed by atoms with Crippen molar-refractivity contribution in [2.75, 3.05) is 11.9 Å². The van der Waals surface area contributed by atoms with Gasteiger partial charge in [-0.2, -0.15) is 0 Å². The van der Waals surface area contributed by atoms with Gasteiger partial charge in [0.2, 0.25) is 6.17 Å². The Kier molecular flexibility index (Phi) is 7.93. The van der Waals surface area contributed by atoms with E-state index >= 15 is 4.39 Å². The number of hydrogen-bond acceptors (Lipinski definition) is 5. The highest BCUT2D eigenvalue weighted by atomic mass is 35.5. The van der Waals surface area contributed by atoms with Crippen LogP contribution in [0.25, 0.3) is 0 Å². The molecular weight excluding hydrogens is 501 g/mol. The summed E-state index contributed by atoms with van der Waals surface area (Å²) in [4.78, 5) is 39.3. The monoisotopic (exact) mass is 525 g/mol. The molecule has 3 amide bonds. The maximum Gasteiger partial charge on any atom is 0.335 e. The lowest BCUT2D eigenvalue weighted by Crippen LogP contribution is -2.65. The number of amides is 3. The number of hydrogen-bond donors (Lipinski definition) is 2. The van der Waals surface area contributed by atoms with Crippen LogP contribution in [-0.4, -0.2) is 51.7 Å². The second-order valence-electron chi connectivity index (χ2n) is 8.48. The molecule has 2 N–H and O–H groups in total. The van der Waals surface area contributed by atoms with Gasteiger partial charge in [-0.1, -0.05) is 36.7 Å². The van der Waals surface area contributed by atoms with Gasteiger partial charge in [0.15, 0.2) is 0 Å². The molecule has 0 spiro atoms. The molecule has 2 unspecified atom stereocenters. The Morgan fingerprint density at radius 1 is 1.05 bits per heavy atom. The third kappa shape index (κ3) is 6.00. The van der Waals surface area contributed by atoms with Gasteiger partial charge in [0.05, 0.1) is 5.56 Å². The number of nitrogens with zero attached hydrogens (tertiary/aromatic N) is 2. The fraction of sp³-hybridized carbons (Fsp3) is 0.222. The molecule has 1 aliphatic rings. The number of halogens is 2. The number of carboxylic acid groups (broad SMARTS) is 1. The molecule has 0 aliphatic carbocycles. The van der Waals surface area contributed by atoms with Crippen molar-refractivity contribution in [3.05, 3.63) is 88.9 Å². The van der Waals surface area contributed by atoms with Crippen LogP contribution in [0.1, 0.15) is 29.3 Å². The molecule has 1 saturated heterocycles. The van der Waals surface area contributed by atoms with Crippen molar-refractivity contribution in [2.24, 2.45) is 0 Å². The zero-order valence-corrected chi connectivity index (χ0v) is 20.7. The number of imide groups is 1. The van der Waals surface area contributed by atoms with E-state index in [1.54, 1.807) is 60.7 Å². The molecule has 0 saturated carbocycles. The first kappa shape index (κ1) is 26.0. The van der Waals surface area contributed by atoms with Crippen molar-refractivity contribution in [1.29, 1.82) is 0 Å². The molecule has 10 heteroatoms. The number of alkyl halides is 1. The van der Waals surface area contributed by atoms with Crippen LogP contribution in [0.15, 0.2) is 72.8 Å². The number of carboxylic acids is 1. The summed E-state index contributed by atoms with van der Waals surface area (Å²) in [6, 6.07) is 18.8. The van der Waals surface area contributed by atoms with Crippen molar-refractivity contribution in [3.8, 4) is 11.5 Å². The number of nitrogens with one attached hydrogen (secondary N) is 1. The van der Waals surface area contributed by atoms with Crippen molar-refractivity contribution in [2.45, 2.75) is 32.2 Å². The molecule has 192 valence electrons. The fourth-order valence-corrected chi connectivity index (χ4v) is 4.09. The van der Waals surface area contributed by atoms with Gasteiger partial charge in [-0.3, -0.25) is 14.6 Å². The average Bonchev–Trinajstić information content (AvgIpc) is 2.89. The molecule has 0 bridgehead atoms. The topological polar surface area (TPSA) is 99.2 Å². The molecule has 3 aromatic rings. The molecule has 2 atom stereocenters. The molecule has 4 rings (SSSR count). The summed E-state index contributed by atoms with van der Waals surface area (Å²) >= 11 is 5.97. The summed E-state index contributed by atoms with van der Waals surface area (Å²) in [6.45, 7) is 2.00. The molecule has 1 fully saturated rings. The van der Waals surface area contributed by atoms with Crippen LogP contribution >= 0.6 is 11.6 Å². The largest absolute Gasteiger partial charge is 0.478 e. The Hall–Kier alpha value is -4.11. The molecular formula is C27H25ClFN3O5. The summed E-state index contributed by atoms with van der Waals surface area (Å²) in [5, 5.41) is 12.7. The number of rotatable bonds is 9. The minimum Gasteiger partial charge on any atom is -0.478 e. The van der Waals surface area contributed by atoms with Gasteiger partial charge in [0.25, 0.3) is 5.91 Å². The SMILES string of the molecule is CCCN1C(=O)C(F)C(Nc2ccc(Oc3cccc(C(=O)O)c3)cc2)N(Cc2ccc(Cl)cc2)C1=O. The molecule has 1 heterocycles. The van der Waals surface area contributed by atoms with Crippen LogP contribution in [0.5, 0.6) is 11.5 Å². The second-order valence-corrected chi connectivity index (χ2v) is 8.91. The summed E-state index contributed by atoms with van der Waals surface area (Å²) in [5.74, 6) is -1.18. The third-order valence-corrected chi connectivity index (χ3v) is 6.04. The number of anilines is 1. The van der Waals surface area contributed by atoms with E-state index < -0.39 is 30.2 Å².